The molecular weight excluding hydrogens is 588 g/mol. The third-order valence-corrected chi connectivity index (χ3v) is 6.94. The molecule has 3 amide bonds. The zero-order valence-corrected chi connectivity index (χ0v) is 26.3. The average molecular weight is 629 g/mol. The Hall–Kier alpha value is -5.29. The number of fused-ring (bicyclic) bond motifs is 1. The van der Waals surface area contributed by atoms with Gasteiger partial charge in [-0.3, -0.25) is 14.8 Å². The molecule has 0 aliphatic heterocycles. The maximum Gasteiger partial charge on any atom is 0.408 e. The summed E-state index contributed by atoms with van der Waals surface area (Å²) in [5.41, 5.74) is 4.28. The lowest BCUT2D eigenvalue weighted by atomic mass is 10.0. The first-order valence-electron chi connectivity index (χ1n) is 14.9. The van der Waals surface area contributed by atoms with Crippen LogP contribution < -0.4 is 25.6 Å². The van der Waals surface area contributed by atoms with Crippen molar-refractivity contribution in [3.63, 3.8) is 0 Å². The number of para-hydroxylation sites is 1. The maximum absolute atomic E-state index is 13.9. The first-order chi connectivity index (χ1) is 22.0. The Labute approximate surface area is 267 Å². The highest BCUT2D eigenvalue weighted by Crippen LogP contribution is 2.29. The van der Waals surface area contributed by atoms with Gasteiger partial charge >= 0.3 is 6.09 Å². The van der Waals surface area contributed by atoms with Crippen molar-refractivity contribution in [3.05, 3.63) is 102 Å². The van der Waals surface area contributed by atoms with Crippen LogP contribution in [-0.4, -0.2) is 59.5 Å². The van der Waals surface area contributed by atoms with Gasteiger partial charge in [-0.25, -0.2) is 10.3 Å². The number of rotatable bonds is 13. The molecule has 4 aromatic rings. The van der Waals surface area contributed by atoms with E-state index in [4.69, 9.17) is 19.4 Å². The largest absolute Gasteiger partial charge is 0.493 e. The second-order valence-corrected chi connectivity index (χ2v) is 11.7. The molecule has 11 heteroatoms. The first kappa shape index (κ1) is 33.6. The van der Waals surface area contributed by atoms with Crippen LogP contribution in [0, 0.1) is 0 Å². The van der Waals surface area contributed by atoms with Crippen molar-refractivity contribution in [3.8, 4) is 11.5 Å². The predicted molar refractivity (Wildman–Crippen MR) is 175 cm³/mol. The quantitative estimate of drug-likeness (QED) is 0.0800. The van der Waals surface area contributed by atoms with Crippen LogP contribution in [0.4, 0.5) is 4.79 Å². The van der Waals surface area contributed by atoms with Crippen molar-refractivity contribution < 1.29 is 33.8 Å². The van der Waals surface area contributed by atoms with Gasteiger partial charge in [-0.15, -0.1) is 0 Å². The topological polar surface area (TPSA) is 151 Å². The van der Waals surface area contributed by atoms with E-state index in [2.05, 4.69) is 15.6 Å². The summed E-state index contributed by atoms with van der Waals surface area (Å²) in [7, 11) is 1.50. The Kier molecular flexibility index (Phi) is 11.4. The van der Waals surface area contributed by atoms with E-state index in [-0.39, 0.29) is 13.0 Å². The van der Waals surface area contributed by atoms with Gasteiger partial charge in [-0.2, -0.15) is 0 Å². The van der Waals surface area contributed by atoms with Gasteiger partial charge in [-0.1, -0.05) is 54.6 Å². The molecule has 1 heterocycles. The van der Waals surface area contributed by atoms with E-state index >= 15 is 0 Å². The van der Waals surface area contributed by atoms with Crippen molar-refractivity contribution in [1.82, 2.24) is 21.1 Å². The predicted octanol–water partition coefficient (Wildman–Crippen LogP) is 4.94. The van der Waals surface area contributed by atoms with Crippen LogP contribution in [0.5, 0.6) is 11.5 Å². The van der Waals surface area contributed by atoms with E-state index in [1.54, 1.807) is 44.5 Å². The number of hydrogen-bond donors (Lipinski definition) is 5. The van der Waals surface area contributed by atoms with Crippen LogP contribution in [0.25, 0.3) is 17.0 Å². The summed E-state index contributed by atoms with van der Waals surface area (Å²) < 4.78 is 17.2. The summed E-state index contributed by atoms with van der Waals surface area (Å²) in [4.78, 5) is 41.3. The zero-order valence-electron chi connectivity index (χ0n) is 26.3. The van der Waals surface area contributed by atoms with E-state index < -0.39 is 35.6 Å². The third kappa shape index (κ3) is 9.86. The van der Waals surface area contributed by atoms with Gasteiger partial charge in [0.1, 0.15) is 18.2 Å². The summed E-state index contributed by atoms with van der Waals surface area (Å²) in [5, 5.41) is 15.6. The van der Waals surface area contributed by atoms with Crippen LogP contribution in [-0.2, 0) is 27.2 Å². The second-order valence-electron chi connectivity index (χ2n) is 11.7. The number of aromatic nitrogens is 1. The minimum absolute atomic E-state index is 0.0776. The zero-order chi connectivity index (χ0) is 33.1. The SMILES string of the molecule is COc1cc(/C=C/C(=O)NO)ccc1OC[C@H](Cc1c[nH]c2ccccc12)NC(=O)[C@H](Cc1ccccc1)NC(=O)OC(C)(C)C. The van der Waals surface area contributed by atoms with Gasteiger partial charge in [0.2, 0.25) is 5.91 Å². The molecule has 0 spiro atoms. The van der Waals surface area contributed by atoms with E-state index in [0.717, 1.165) is 22.0 Å². The molecule has 0 aliphatic rings. The number of ether oxygens (including phenoxy) is 3. The van der Waals surface area contributed by atoms with Crippen molar-refractivity contribution in [2.75, 3.05) is 13.7 Å². The number of hydroxylamine groups is 1. The lowest BCUT2D eigenvalue weighted by Crippen LogP contribution is -2.53. The maximum atomic E-state index is 13.9. The highest BCUT2D eigenvalue weighted by atomic mass is 16.6. The molecule has 0 radical (unpaired) electrons. The lowest BCUT2D eigenvalue weighted by molar-refractivity contribution is -0.124. The molecule has 1 aromatic heterocycles. The standard InChI is InChI=1S/C35H40N4O7/c1-35(2,3)46-34(42)38-29(18-23-10-6-5-7-11-23)33(41)37-26(20-25-21-36-28-13-9-8-12-27(25)28)22-45-30-16-14-24(19-31(30)44-4)15-17-32(40)39-43/h5-17,19,21,26,29,36,43H,18,20,22H2,1-4H3,(H,37,41)(H,38,42)(H,39,40)/b17-15+/t26-,29-/m0/s1. The number of aromatic amines is 1. The monoisotopic (exact) mass is 628 g/mol. The molecule has 0 bridgehead atoms. The number of carbonyl (C=O) groups is 3. The van der Waals surface area contributed by atoms with E-state index in [9.17, 15) is 14.4 Å². The molecule has 0 saturated carbocycles. The molecule has 0 aliphatic carbocycles. The van der Waals surface area contributed by atoms with Crippen molar-refractivity contribution in [2.45, 2.75) is 51.3 Å². The third-order valence-electron chi connectivity index (χ3n) is 6.94. The molecule has 2 atom stereocenters. The normalized spacial score (nSPS) is 12.7. The van der Waals surface area contributed by atoms with Crippen LogP contribution in [0.15, 0.2) is 85.1 Å². The smallest absolute Gasteiger partial charge is 0.408 e. The van der Waals surface area contributed by atoms with Crippen LogP contribution in [0.1, 0.15) is 37.5 Å². The first-order valence-corrected chi connectivity index (χ1v) is 14.9. The highest BCUT2D eigenvalue weighted by molar-refractivity contribution is 5.91. The Balaban J connectivity index is 1.57. The number of hydrogen-bond acceptors (Lipinski definition) is 7. The molecular formula is C35H40N4O7. The minimum Gasteiger partial charge on any atom is -0.493 e. The van der Waals surface area contributed by atoms with Gasteiger partial charge in [0.15, 0.2) is 11.5 Å². The number of methoxy groups -OCH3 is 1. The second kappa shape index (κ2) is 15.6. The average Bonchev–Trinajstić information content (AvgIpc) is 3.44. The van der Waals surface area contributed by atoms with E-state index in [1.165, 1.54) is 19.3 Å². The molecule has 0 saturated heterocycles. The number of amides is 3. The van der Waals surface area contributed by atoms with Gasteiger partial charge in [0.25, 0.3) is 5.91 Å². The molecule has 5 N–H and O–H groups in total. The van der Waals surface area contributed by atoms with Gasteiger partial charge in [-0.05, 0) is 68.2 Å². The summed E-state index contributed by atoms with van der Waals surface area (Å²) in [6.07, 6.45) is 4.60. The molecule has 0 fully saturated rings. The van der Waals surface area contributed by atoms with Gasteiger partial charge in [0.05, 0.1) is 13.2 Å². The summed E-state index contributed by atoms with van der Waals surface area (Å²) in [5.74, 6) is -0.214. The summed E-state index contributed by atoms with van der Waals surface area (Å²) in [6, 6.07) is 21.0. The fourth-order valence-electron chi connectivity index (χ4n) is 4.83. The summed E-state index contributed by atoms with van der Waals surface area (Å²) >= 11 is 0. The van der Waals surface area contributed by atoms with Crippen molar-refractivity contribution in [1.29, 1.82) is 0 Å². The summed E-state index contributed by atoms with van der Waals surface area (Å²) in [6.45, 7) is 5.36. The van der Waals surface area contributed by atoms with E-state index in [1.807, 2.05) is 60.8 Å². The van der Waals surface area contributed by atoms with Crippen LogP contribution in [0.2, 0.25) is 0 Å². The minimum atomic E-state index is -0.917. The Morgan fingerprint density at radius 2 is 1.67 bits per heavy atom. The van der Waals surface area contributed by atoms with Gasteiger partial charge in [0, 0.05) is 29.6 Å². The molecule has 242 valence electrons. The van der Waals surface area contributed by atoms with Gasteiger partial charge < -0.3 is 29.8 Å². The Morgan fingerprint density at radius 3 is 2.39 bits per heavy atom. The highest BCUT2D eigenvalue weighted by Gasteiger charge is 2.27. The van der Waals surface area contributed by atoms with Crippen molar-refractivity contribution >= 4 is 34.9 Å². The lowest BCUT2D eigenvalue weighted by Gasteiger charge is -2.26. The van der Waals surface area contributed by atoms with Crippen LogP contribution in [0.3, 0.4) is 0 Å². The Morgan fingerprint density at radius 1 is 0.935 bits per heavy atom. The molecule has 3 aromatic carbocycles. The number of carbonyl (C=O) groups excluding carboxylic acids is 3. The fraction of sp³-hybridized carbons (Fsp3) is 0.286. The fourth-order valence-corrected chi connectivity index (χ4v) is 4.83. The molecule has 0 unspecified atom stereocenters. The molecule has 4 rings (SSSR count). The number of alkyl carbamates (subject to hydrolysis) is 1. The molecule has 46 heavy (non-hydrogen) atoms. The van der Waals surface area contributed by atoms with E-state index in [0.29, 0.717) is 23.5 Å². The van der Waals surface area contributed by atoms with Crippen LogP contribution >= 0.6 is 0 Å². The number of H-pyrrole nitrogens is 1. The van der Waals surface area contributed by atoms with Crippen molar-refractivity contribution in [2.24, 2.45) is 0 Å². The Bertz CT molecular complexity index is 1660. The number of nitrogens with one attached hydrogen (secondary N) is 4. The molecule has 11 nitrogen and oxygen atoms in total. The number of benzene rings is 3.